The minimum atomic E-state index is -3.90. The van der Waals surface area contributed by atoms with Crippen molar-refractivity contribution in [2.24, 2.45) is 5.92 Å². The van der Waals surface area contributed by atoms with Crippen LogP contribution < -0.4 is 4.72 Å². The van der Waals surface area contributed by atoms with Gasteiger partial charge in [0.05, 0.1) is 4.90 Å². The molecule has 0 saturated carbocycles. The van der Waals surface area contributed by atoms with E-state index in [1.54, 1.807) is 26.0 Å². The van der Waals surface area contributed by atoms with Crippen molar-refractivity contribution in [3.63, 3.8) is 0 Å². The van der Waals surface area contributed by atoms with E-state index in [0.717, 1.165) is 10.0 Å². The first-order chi connectivity index (χ1) is 14.3. The fourth-order valence-corrected chi connectivity index (χ4v) is 4.13. The van der Waals surface area contributed by atoms with E-state index in [4.69, 9.17) is 9.15 Å². The van der Waals surface area contributed by atoms with E-state index in [-0.39, 0.29) is 23.3 Å². The van der Waals surface area contributed by atoms with Gasteiger partial charge in [0.1, 0.15) is 6.04 Å². The first-order valence-corrected chi connectivity index (χ1v) is 11.4. The van der Waals surface area contributed by atoms with Crippen molar-refractivity contribution in [2.75, 3.05) is 0 Å². The standard InChI is InChI=1S/C20H20BrN3O5S/c1-13(2)18(24-30(26,27)16-10-8-15(21)9-11-16)20(25)28-12-17-22-23-19(29-17)14-6-4-3-5-7-14/h3-11,13,18,24H,12H2,1-2H3. The Bertz CT molecular complexity index is 1100. The number of hydrogen-bond acceptors (Lipinski definition) is 7. The summed E-state index contributed by atoms with van der Waals surface area (Å²) in [7, 11) is -3.90. The molecule has 0 spiro atoms. The van der Waals surface area contributed by atoms with Crippen LogP contribution in [0.1, 0.15) is 19.7 Å². The summed E-state index contributed by atoms with van der Waals surface area (Å²) in [4.78, 5) is 12.6. The van der Waals surface area contributed by atoms with Crippen LogP contribution in [0.5, 0.6) is 0 Å². The molecular weight excluding hydrogens is 474 g/mol. The topological polar surface area (TPSA) is 111 Å². The van der Waals surface area contributed by atoms with Crippen LogP contribution in [0.4, 0.5) is 0 Å². The van der Waals surface area contributed by atoms with Gasteiger partial charge in [0.2, 0.25) is 15.9 Å². The largest absolute Gasteiger partial charge is 0.454 e. The average molecular weight is 494 g/mol. The predicted octanol–water partition coefficient (Wildman–Crippen LogP) is 3.55. The molecule has 3 rings (SSSR count). The molecule has 0 radical (unpaired) electrons. The van der Waals surface area contributed by atoms with Gasteiger partial charge in [-0.1, -0.05) is 48.0 Å². The van der Waals surface area contributed by atoms with E-state index in [1.165, 1.54) is 12.1 Å². The lowest BCUT2D eigenvalue weighted by atomic mass is 10.1. The third-order valence-corrected chi connectivity index (χ3v) is 6.14. The normalized spacial score (nSPS) is 12.7. The van der Waals surface area contributed by atoms with E-state index >= 15 is 0 Å². The number of nitrogens with one attached hydrogen (secondary N) is 1. The van der Waals surface area contributed by atoms with E-state index in [2.05, 4.69) is 30.8 Å². The van der Waals surface area contributed by atoms with Gasteiger partial charge < -0.3 is 9.15 Å². The molecule has 1 atom stereocenters. The maximum Gasteiger partial charge on any atom is 0.324 e. The van der Waals surface area contributed by atoms with E-state index in [1.807, 2.05) is 30.3 Å². The number of sulfonamides is 1. The fourth-order valence-electron chi connectivity index (χ4n) is 2.54. The second kappa shape index (κ2) is 9.50. The first kappa shape index (κ1) is 22.1. The van der Waals surface area contributed by atoms with Crippen LogP contribution in [0.3, 0.4) is 0 Å². The molecule has 158 valence electrons. The molecule has 0 amide bonds. The molecule has 1 heterocycles. The van der Waals surface area contributed by atoms with E-state index < -0.39 is 22.0 Å². The van der Waals surface area contributed by atoms with Crippen molar-refractivity contribution >= 4 is 31.9 Å². The summed E-state index contributed by atoms with van der Waals surface area (Å²) >= 11 is 3.26. The molecule has 0 bridgehead atoms. The minimum absolute atomic E-state index is 0.0496. The summed E-state index contributed by atoms with van der Waals surface area (Å²) in [6, 6.07) is 14.2. The Morgan fingerprint density at radius 3 is 2.40 bits per heavy atom. The monoisotopic (exact) mass is 493 g/mol. The SMILES string of the molecule is CC(C)C(NS(=O)(=O)c1ccc(Br)cc1)C(=O)OCc1nnc(-c2ccccc2)o1. The average Bonchev–Trinajstić information content (AvgIpc) is 3.20. The zero-order valence-corrected chi connectivity index (χ0v) is 18.7. The maximum atomic E-state index is 12.6. The summed E-state index contributed by atoms with van der Waals surface area (Å²) in [5.74, 6) is -0.658. The quantitative estimate of drug-likeness (QED) is 0.477. The van der Waals surface area contributed by atoms with Crippen molar-refractivity contribution < 1.29 is 22.4 Å². The molecule has 0 aliphatic heterocycles. The predicted molar refractivity (Wildman–Crippen MR) is 113 cm³/mol. The molecule has 0 fully saturated rings. The lowest BCUT2D eigenvalue weighted by molar-refractivity contribution is -0.148. The van der Waals surface area contributed by atoms with Crippen LogP contribution in [-0.2, 0) is 26.2 Å². The second-order valence-corrected chi connectivity index (χ2v) is 9.40. The summed E-state index contributed by atoms with van der Waals surface area (Å²) in [6.07, 6.45) is 0. The number of ether oxygens (including phenoxy) is 1. The third kappa shape index (κ3) is 5.53. The molecule has 8 nitrogen and oxygen atoms in total. The molecule has 1 N–H and O–H groups in total. The fraction of sp³-hybridized carbons (Fsp3) is 0.250. The number of nitrogens with zero attached hydrogens (tertiary/aromatic N) is 2. The lowest BCUT2D eigenvalue weighted by Crippen LogP contribution is -2.45. The number of esters is 1. The Kier molecular flexibility index (Phi) is 7.01. The highest BCUT2D eigenvalue weighted by molar-refractivity contribution is 9.10. The zero-order chi connectivity index (χ0) is 21.7. The molecule has 30 heavy (non-hydrogen) atoms. The minimum Gasteiger partial charge on any atom is -0.454 e. The van der Waals surface area contributed by atoms with E-state index in [0.29, 0.717) is 5.89 Å². The van der Waals surface area contributed by atoms with Gasteiger partial charge in [0.25, 0.3) is 5.89 Å². The summed E-state index contributed by atoms with van der Waals surface area (Å²) in [5.41, 5.74) is 0.741. The Morgan fingerprint density at radius 1 is 1.10 bits per heavy atom. The maximum absolute atomic E-state index is 12.6. The van der Waals surface area contributed by atoms with Crippen LogP contribution in [0, 0.1) is 5.92 Å². The smallest absolute Gasteiger partial charge is 0.324 e. The summed E-state index contributed by atoms with van der Waals surface area (Å²) < 4.78 is 39.1. The molecule has 2 aromatic carbocycles. The molecule has 1 unspecified atom stereocenters. The first-order valence-electron chi connectivity index (χ1n) is 9.08. The van der Waals surface area contributed by atoms with Crippen LogP contribution >= 0.6 is 15.9 Å². The van der Waals surface area contributed by atoms with E-state index in [9.17, 15) is 13.2 Å². The highest BCUT2D eigenvalue weighted by Crippen LogP contribution is 2.19. The second-order valence-electron chi connectivity index (χ2n) is 6.77. The number of hydrogen-bond donors (Lipinski definition) is 1. The van der Waals surface area contributed by atoms with Crippen LogP contribution in [0.2, 0.25) is 0 Å². The van der Waals surface area contributed by atoms with Crippen molar-refractivity contribution in [2.45, 2.75) is 31.4 Å². The Morgan fingerprint density at radius 2 is 1.77 bits per heavy atom. The number of carbonyl (C=O) groups is 1. The van der Waals surface area contributed by atoms with Crippen molar-refractivity contribution in [3.05, 3.63) is 65.0 Å². The van der Waals surface area contributed by atoms with Gasteiger partial charge in [0.15, 0.2) is 6.61 Å². The van der Waals surface area contributed by atoms with Gasteiger partial charge in [-0.25, -0.2) is 8.42 Å². The Balaban J connectivity index is 1.66. The number of halogens is 1. The molecule has 3 aromatic rings. The molecular formula is C20H20BrN3O5S. The number of carbonyl (C=O) groups excluding carboxylic acids is 1. The third-order valence-electron chi connectivity index (χ3n) is 4.15. The number of aromatic nitrogens is 2. The van der Waals surface area contributed by atoms with Crippen molar-refractivity contribution in [3.8, 4) is 11.5 Å². The molecule has 1 aromatic heterocycles. The summed E-state index contributed by atoms with van der Waals surface area (Å²) in [6.45, 7) is 3.17. The van der Waals surface area contributed by atoms with Gasteiger partial charge in [-0.3, -0.25) is 4.79 Å². The number of rotatable bonds is 8. The van der Waals surface area contributed by atoms with Crippen LogP contribution in [0.15, 0.2) is 68.4 Å². The lowest BCUT2D eigenvalue weighted by Gasteiger charge is -2.20. The Hall–Kier alpha value is -2.56. The molecule has 10 heteroatoms. The van der Waals surface area contributed by atoms with Gasteiger partial charge in [-0.2, -0.15) is 4.72 Å². The summed E-state index contributed by atoms with van der Waals surface area (Å²) in [5, 5.41) is 7.79. The highest BCUT2D eigenvalue weighted by atomic mass is 79.9. The van der Waals surface area contributed by atoms with Gasteiger partial charge in [0, 0.05) is 10.0 Å². The van der Waals surface area contributed by atoms with Gasteiger partial charge in [-0.15, -0.1) is 10.2 Å². The van der Waals surface area contributed by atoms with Crippen molar-refractivity contribution in [1.82, 2.24) is 14.9 Å². The molecule has 0 saturated heterocycles. The van der Waals surface area contributed by atoms with Gasteiger partial charge >= 0.3 is 5.97 Å². The Labute approximate surface area is 182 Å². The molecule has 0 aliphatic rings. The van der Waals surface area contributed by atoms with Crippen molar-refractivity contribution in [1.29, 1.82) is 0 Å². The van der Waals surface area contributed by atoms with Crippen LogP contribution in [-0.4, -0.2) is 30.6 Å². The number of benzene rings is 2. The van der Waals surface area contributed by atoms with Crippen LogP contribution in [0.25, 0.3) is 11.5 Å². The highest BCUT2D eigenvalue weighted by Gasteiger charge is 2.30. The van der Waals surface area contributed by atoms with Gasteiger partial charge in [-0.05, 0) is 42.3 Å². The molecule has 0 aliphatic carbocycles. The zero-order valence-electron chi connectivity index (χ0n) is 16.3.